The van der Waals surface area contributed by atoms with E-state index >= 15 is 0 Å². The highest BCUT2D eigenvalue weighted by molar-refractivity contribution is 5.29. The molecule has 8 heteroatoms. The van der Waals surface area contributed by atoms with Crippen LogP contribution in [-0.2, 0) is 7.05 Å². The van der Waals surface area contributed by atoms with Gasteiger partial charge in [-0.1, -0.05) is 6.92 Å². The highest BCUT2D eigenvalue weighted by atomic mass is 16.5. The zero-order valence-corrected chi connectivity index (χ0v) is 12.7. The van der Waals surface area contributed by atoms with Gasteiger partial charge in [0, 0.05) is 13.6 Å². The smallest absolute Gasteiger partial charge is 0.330 e. The highest BCUT2D eigenvalue weighted by Crippen LogP contribution is 2.20. The molecule has 2 aromatic heterocycles. The number of nitrogens with one attached hydrogen (secondary N) is 1. The molecule has 0 aromatic carbocycles. The Labute approximate surface area is 123 Å². The van der Waals surface area contributed by atoms with Gasteiger partial charge in [0.25, 0.3) is 0 Å². The SMILES string of the molecule is CCCNc1nc(Oc2cnn(C)c2)nc(OC(C)C)n1. The minimum Gasteiger partial charge on any atom is -0.461 e. The number of ether oxygens (including phenoxy) is 2. The summed E-state index contributed by atoms with van der Waals surface area (Å²) in [6.07, 6.45) is 4.25. The van der Waals surface area contributed by atoms with Crippen molar-refractivity contribution >= 4 is 5.95 Å². The first-order valence-electron chi connectivity index (χ1n) is 6.90. The third kappa shape index (κ3) is 4.59. The van der Waals surface area contributed by atoms with Crippen LogP contribution in [0, 0.1) is 0 Å². The molecular formula is C13H20N6O2. The van der Waals surface area contributed by atoms with Crippen LogP contribution in [-0.4, -0.2) is 37.4 Å². The van der Waals surface area contributed by atoms with Gasteiger partial charge in [-0.25, -0.2) is 0 Å². The van der Waals surface area contributed by atoms with Crippen molar-refractivity contribution in [2.75, 3.05) is 11.9 Å². The van der Waals surface area contributed by atoms with Gasteiger partial charge in [0.2, 0.25) is 5.95 Å². The predicted octanol–water partition coefficient (Wildman–Crippen LogP) is 2.01. The van der Waals surface area contributed by atoms with Crippen molar-refractivity contribution in [1.82, 2.24) is 24.7 Å². The lowest BCUT2D eigenvalue weighted by Gasteiger charge is -2.10. The molecule has 0 fully saturated rings. The average molecular weight is 292 g/mol. The van der Waals surface area contributed by atoms with Crippen LogP contribution in [0.2, 0.25) is 0 Å². The molecular weight excluding hydrogens is 272 g/mol. The van der Waals surface area contributed by atoms with Crippen molar-refractivity contribution in [2.24, 2.45) is 7.05 Å². The molecule has 2 rings (SSSR count). The summed E-state index contributed by atoms with van der Waals surface area (Å²) in [5, 5.41) is 7.13. The van der Waals surface area contributed by atoms with Crippen molar-refractivity contribution in [3.8, 4) is 17.8 Å². The van der Waals surface area contributed by atoms with E-state index < -0.39 is 0 Å². The van der Waals surface area contributed by atoms with E-state index in [1.165, 1.54) is 0 Å². The predicted molar refractivity (Wildman–Crippen MR) is 77.7 cm³/mol. The fourth-order valence-electron chi connectivity index (χ4n) is 1.52. The Hall–Kier alpha value is -2.38. The second-order valence-electron chi connectivity index (χ2n) is 4.77. The molecule has 0 aliphatic rings. The highest BCUT2D eigenvalue weighted by Gasteiger charge is 2.11. The molecule has 0 bridgehead atoms. The third-order valence-corrected chi connectivity index (χ3v) is 2.36. The van der Waals surface area contributed by atoms with Gasteiger partial charge in [0.05, 0.1) is 18.5 Å². The monoisotopic (exact) mass is 292 g/mol. The second-order valence-corrected chi connectivity index (χ2v) is 4.77. The molecule has 0 aliphatic carbocycles. The molecule has 0 aliphatic heterocycles. The average Bonchev–Trinajstić information content (AvgIpc) is 2.80. The molecule has 2 aromatic rings. The summed E-state index contributed by atoms with van der Waals surface area (Å²) in [6.45, 7) is 6.64. The van der Waals surface area contributed by atoms with Crippen LogP contribution < -0.4 is 14.8 Å². The topological polar surface area (TPSA) is 87.0 Å². The zero-order valence-electron chi connectivity index (χ0n) is 12.7. The minimum atomic E-state index is -0.0299. The maximum Gasteiger partial charge on any atom is 0.330 e. The van der Waals surface area contributed by atoms with E-state index in [4.69, 9.17) is 9.47 Å². The summed E-state index contributed by atoms with van der Waals surface area (Å²) >= 11 is 0. The normalized spacial score (nSPS) is 10.7. The van der Waals surface area contributed by atoms with Gasteiger partial charge in [0.1, 0.15) is 0 Å². The van der Waals surface area contributed by atoms with Crippen molar-refractivity contribution in [3.05, 3.63) is 12.4 Å². The van der Waals surface area contributed by atoms with E-state index in [-0.39, 0.29) is 18.1 Å². The Morgan fingerprint density at radius 1 is 1.24 bits per heavy atom. The Balaban J connectivity index is 2.21. The minimum absolute atomic E-state index is 0.0299. The maximum absolute atomic E-state index is 5.58. The maximum atomic E-state index is 5.58. The molecule has 0 radical (unpaired) electrons. The Morgan fingerprint density at radius 3 is 2.62 bits per heavy atom. The fraction of sp³-hybridized carbons (Fsp3) is 0.538. The molecule has 2 heterocycles. The van der Waals surface area contributed by atoms with Gasteiger partial charge in [-0.15, -0.1) is 4.98 Å². The first-order valence-corrected chi connectivity index (χ1v) is 6.90. The van der Waals surface area contributed by atoms with Crippen LogP contribution in [0.5, 0.6) is 17.8 Å². The van der Waals surface area contributed by atoms with Gasteiger partial charge in [0.15, 0.2) is 5.75 Å². The first-order chi connectivity index (χ1) is 10.1. The van der Waals surface area contributed by atoms with E-state index in [1.54, 1.807) is 17.1 Å². The molecule has 0 amide bonds. The molecule has 0 saturated carbocycles. The van der Waals surface area contributed by atoms with E-state index in [1.807, 2.05) is 20.9 Å². The van der Waals surface area contributed by atoms with Crippen LogP contribution >= 0.6 is 0 Å². The van der Waals surface area contributed by atoms with Crippen molar-refractivity contribution in [3.63, 3.8) is 0 Å². The Bertz CT molecular complexity index is 584. The summed E-state index contributed by atoms with van der Waals surface area (Å²) in [5.41, 5.74) is 0. The molecule has 0 unspecified atom stereocenters. The number of rotatable bonds is 7. The lowest BCUT2D eigenvalue weighted by Crippen LogP contribution is -2.12. The summed E-state index contributed by atoms with van der Waals surface area (Å²) in [6, 6.07) is 0.407. The number of aryl methyl sites for hydroxylation is 1. The number of hydrogen-bond acceptors (Lipinski definition) is 7. The lowest BCUT2D eigenvalue weighted by molar-refractivity contribution is 0.218. The standard InChI is InChI=1S/C13H20N6O2/c1-5-6-14-11-16-12(20-9(2)3)18-13(17-11)21-10-7-15-19(4)8-10/h7-9H,5-6H2,1-4H3,(H,14,16,17,18). The van der Waals surface area contributed by atoms with Crippen LogP contribution in [0.25, 0.3) is 0 Å². The van der Waals surface area contributed by atoms with E-state index in [0.29, 0.717) is 11.7 Å². The second kappa shape index (κ2) is 6.87. The quantitative estimate of drug-likeness (QED) is 0.835. The van der Waals surface area contributed by atoms with E-state index in [9.17, 15) is 0 Å². The largest absolute Gasteiger partial charge is 0.461 e. The van der Waals surface area contributed by atoms with Crippen molar-refractivity contribution in [2.45, 2.75) is 33.3 Å². The molecule has 21 heavy (non-hydrogen) atoms. The Kier molecular flexibility index (Phi) is 4.91. The summed E-state index contributed by atoms with van der Waals surface area (Å²) in [4.78, 5) is 12.6. The van der Waals surface area contributed by atoms with Crippen LogP contribution in [0.4, 0.5) is 5.95 Å². The number of nitrogens with zero attached hydrogens (tertiary/aromatic N) is 5. The van der Waals surface area contributed by atoms with Crippen molar-refractivity contribution < 1.29 is 9.47 Å². The van der Waals surface area contributed by atoms with Gasteiger partial charge in [-0.2, -0.15) is 15.1 Å². The van der Waals surface area contributed by atoms with Gasteiger partial charge >= 0.3 is 12.0 Å². The lowest BCUT2D eigenvalue weighted by atomic mass is 10.5. The van der Waals surface area contributed by atoms with Crippen LogP contribution in [0.3, 0.4) is 0 Å². The third-order valence-electron chi connectivity index (χ3n) is 2.36. The van der Waals surface area contributed by atoms with E-state index in [0.717, 1.165) is 13.0 Å². The van der Waals surface area contributed by atoms with Crippen LogP contribution in [0.1, 0.15) is 27.2 Å². The zero-order chi connectivity index (χ0) is 15.2. The van der Waals surface area contributed by atoms with Gasteiger partial charge in [-0.3, -0.25) is 4.68 Å². The van der Waals surface area contributed by atoms with Gasteiger partial charge in [-0.05, 0) is 20.3 Å². The molecule has 0 spiro atoms. The van der Waals surface area contributed by atoms with Crippen molar-refractivity contribution in [1.29, 1.82) is 0 Å². The number of hydrogen-bond donors (Lipinski definition) is 1. The van der Waals surface area contributed by atoms with Crippen LogP contribution in [0.15, 0.2) is 12.4 Å². The Morgan fingerprint density at radius 2 is 2.00 bits per heavy atom. The molecule has 114 valence electrons. The number of aromatic nitrogens is 5. The summed E-state index contributed by atoms with van der Waals surface area (Å²) < 4.78 is 12.7. The first kappa shape index (κ1) is 15.0. The summed E-state index contributed by atoms with van der Waals surface area (Å²) in [7, 11) is 1.81. The number of anilines is 1. The fourth-order valence-corrected chi connectivity index (χ4v) is 1.52. The summed E-state index contributed by atoms with van der Waals surface area (Å²) in [5.74, 6) is 0.988. The molecule has 1 N–H and O–H groups in total. The molecule has 8 nitrogen and oxygen atoms in total. The molecule has 0 saturated heterocycles. The van der Waals surface area contributed by atoms with E-state index in [2.05, 4.69) is 32.3 Å². The molecule has 0 atom stereocenters. The van der Waals surface area contributed by atoms with Gasteiger partial charge < -0.3 is 14.8 Å².